The molecule has 2 rings (SSSR count). The lowest BCUT2D eigenvalue weighted by molar-refractivity contribution is -0.119. The van der Waals surface area contributed by atoms with E-state index < -0.39 is 32.0 Å². The second kappa shape index (κ2) is 9.69. The van der Waals surface area contributed by atoms with Gasteiger partial charge in [-0.1, -0.05) is 44.2 Å². The second-order valence-electron chi connectivity index (χ2n) is 6.70. The molecule has 8 nitrogen and oxygen atoms in total. The van der Waals surface area contributed by atoms with Crippen LogP contribution in [0.1, 0.15) is 25.5 Å². The predicted molar refractivity (Wildman–Crippen MR) is 117 cm³/mol. The highest BCUT2D eigenvalue weighted by Crippen LogP contribution is 2.24. The van der Waals surface area contributed by atoms with Gasteiger partial charge >= 0.3 is 0 Å². The van der Waals surface area contributed by atoms with Gasteiger partial charge in [0.1, 0.15) is 6.04 Å². The number of carbonyl (C=O) groups is 1. The Hall–Kier alpha value is -2.27. The van der Waals surface area contributed by atoms with Gasteiger partial charge in [-0.05, 0) is 29.8 Å². The normalized spacial score (nSPS) is 13.4. The Bertz CT molecular complexity index is 1070. The Balaban J connectivity index is 2.30. The minimum absolute atomic E-state index is 0.122. The molecule has 0 saturated heterocycles. The SMILES string of the molecule is CCN(CC)S(=O)(=O)c1ccc(NC(=O)[C@@H](c2ccccc2)N(C)S(C)(=O)=O)cc1. The third-order valence-corrected chi connectivity index (χ3v) is 8.04. The van der Waals surface area contributed by atoms with Crippen LogP contribution < -0.4 is 5.32 Å². The van der Waals surface area contributed by atoms with Crippen LogP contribution in [0.3, 0.4) is 0 Å². The number of amides is 1. The van der Waals surface area contributed by atoms with Crippen LogP contribution in [-0.2, 0) is 24.8 Å². The topological polar surface area (TPSA) is 104 Å². The first-order chi connectivity index (χ1) is 14.0. The monoisotopic (exact) mass is 453 g/mol. The summed E-state index contributed by atoms with van der Waals surface area (Å²) in [5, 5.41) is 2.68. The summed E-state index contributed by atoms with van der Waals surface area (Å²) in [6, 6.07) is 13.3. The van der Waals surface area contributed by atoms with E-state index in [1.54, 1.807) is 44.2 Å². The molecule has 0 unspecified atom stereocenters. The smallest absolute Gasteiger partial charge is 0.247 e. The minimum Gasteiger partial charge on any atom is -0.324 e. The molecule has 0 aliphatic rings. The summed E-state index contributed by atoms with van der Waals surface area (Å²) in [7, 11) is -5.91. The van der Waals surface area contributed by atoms with Gasteiger partial charge in [-0.2, -0.15) is 8.61 Å². The van der Waals surface area contributed by atoms with E-state index in [1.807, 2.05) is 0 Å². The molecule has 1 N–H and O–H groups in total. The molecule has 2 aromatic rings. The maximum atomic E-state index is 12.9. The Morgan fingerprint density at radius 1 is 0.933 bits per heavy atom. The molecule has 1 atom stereocenters. The van der Waals surface area contributed by atoms with Crippen LogP contribution >= 0.6 is 0 Å². The van der Waals surface area contributed by atoms with Crippen LogP contribution in [-0.4, -0.2) is 57.7 Å². The summed E-state index contributed by atoms with van der Waals surface area (Å²) in [5.74, 6) is -0.548. The molecule has 10 heteroatoms. The second-order valence-corrected chi connectivity index (χ2v) is 10.7. The van der Waals surface area contributed by atoms with Crippen molar-refractivity contribution in [2.45, 2.75) is 24.8 Å². The predicted octanol–water partition coefficient (Wildman–Crippen LogP) is 2.29. The zero-order valence-electron chi connectivity index (χ0n) is 17.4. The van der Waals surface area contributed by atoms with E-state index in [9.17, 15) is 21.6 Å². The fourth-order valence-electron chi connectivity index (χ4n) is 2.99. The van der Waals surface area contributed by atoms with Gasteiger partial charge in [0.05, 0.1) is 11.2 Å². The summed E-state index contributed by atoms with van der Waals surface area (Å²) in [4.78, 5) is 13.1. The first-order valence-corrected chi connectivity index (χ1v) is 12.7. The molecule has 2 aromatic carbocycles. The van der Waals surface area contributed by atoms with Crippen molar-refractivity contribution >= 4 is 31.6 Å². The molecule has 0 bridgehead atoms. The van der Waals surface area contributed by atoms with Gasteiger partial charge in [0, 0.05) is 25.8 Å². The van der Waals surface area contributed by atoms with Crippen molar-refractivity contribution < 1.29 is 21.6 Å². The highest BCUT2D eigenvalue weighted by Gasteiger charge is 2.31. The third kappa shape index (κ3) is 5.45. The fraction of sp³-hybridized carbons (Fsp3) is 0.350. The van der Waals surface area contributed by atoms with Gasteiger partial charge in [-0.3, -0.25) is 4.79 Å². The lowest BCUT2D eigenvalue weighted by Crippen LogP contribution is -2.38. The number of hydrogen-bond acceptors (Lipinski definition) is 5. The van der Waals surface area contributed by atoms with Gasteiger partial charge in [-0.15, -0.1) is 0 Å². The Kier molecular flexibility index (Phi) is 7.75. The number of anilines is 1. The van der Waals surface area contributed by atoms with E-state index in [1.165, 1.54) is 35.6 Å². The van der Waals surface area contributed by atoms with Gasteiger partial charge < -0.3 is 5.32 Å². The number of benzene rings is 2. The molecule has 0 spiro atoms. The lowest BCUT2D eigenvalue weighted by atomic mass is 10.1. The molecule has 0 saturated carbocycles. The molecule has 0 aromatic heterocycles. The first-order valence-electron chi connectivity index (χ1n) is 9.41. The molecule has 1 amide bonds. The summed E-state index contributed by atoms with van der Waals surface area (Å²) in [6.45, 7) is 4.23. The van der Waals surface area contributed by atoms with Crippen molar-refractivity contribution in [3.8, 4) is 0 Å². The first kappa shape index (κ1) is 24.0. The molecular weight excluding hydrogens is 426 g/mol. The minimum atomic E-state index is -3.64. The number of likely N-dealkylation sites (N-methyl/N-ethyl adjacent to an activating group) is 1. The van der Waals surface area contributed by atoms with Crippen molar-refractivity contribution in [1.29, 1.82) is 0 Å². The van der Waals surface area contributed by atoms with Crippen LogP contribution in [0, 0.1) is 0 Å². The quantitative estimate of drug-likeness (QED) is 0.627. The molecule has 0 radical (unpaired) electrons. The lowest BCUT2D eigenvalue weighted by Gasteiger charge is -2.25. The van der Waals surface area contributed by atoms with Crippen molar-refractivity contribution in [2.24, 2.45) is 0 Å². The number of nitrogens with zero attached hydrogens (tertiary/aromatic N) is 2. The largest absolute Gasteiger partial charge is 0.324 e. The van der Waals surface area contributed by atoms with Crippen molar-refractivity contribution in [3.63, 3.8) is 0 Å². The number of sulfonamides is 2. The zero-order chi connectivity index (χ0) is 22.5. The Morgan fingerprint density at radius 2 is 1.47 bits per heavy atom. The Morgan fingerprint density at radius 3 is 1.93 bits per heavy atom. The number of rotatable bonds is 9. The van der Waals surface area contributed by atoms with Crippen molar-refractivity contribution in [1.82, 2.24) is 8.61 Å². The van der Waals surface area contributed by atoms with E-state index in [0.717, 1.165) is 10.6 Å². The summed E-state index contributed by atoms with van der Waals surface area (Å²) in [6.07, 6.45) is 1.03. The van der Waals surface area contributed by atoms with Crippen LogP contribution in [0.25, 0.3) is 0 Å². The Labute approximate surface area is 178 Å². The number of hydrogen-bond donors (Lipinski definition) is 1. The van der Waals surface area contributed by atoms with E-state index >= 15 is 0 Å². The van der Waals surface area contributed by atoms with Crippen LogP contribution in [0.15, 0.2) is 59.5 Å². The molecular formula is C20H27N3O5S2. The molecule has 0 heterocycles. The van der Waals surface area contributed by atoms with Crippen molar-refractivity contribution in [2.75, 3.05) is 31.7 Å². The molecule has 0 fully saturated rings. The average molecular weight is 454 g/mol. The van der Waals surface area contributed by atoms with Gasteiger partial charge in [-0.25, -0.2) is 16.8 Å². The van der Waals surface area contributed by atoms with Crippen LogP contribution in [0.2, 0.25) is 0 Å². The standard InChI is InChI=1S/C20H27N3O5S2/c1-5-23(6-2)30(27,28)18-14-12-17(13-15-18)21-20(24)19(22(3)29(4,25)26)16-10-8-7-9-11-16/h7-15,19H,5-6H2,1-4H3,(H,21,24)/t19-/m1/s1. The molecule has 0 aliphatic carbocycles. The van der Waals surface area contributed by atoms with Gasteiger partial charge in [0.2, 0.25) is 26.0 Å². The highest BCUT2D eigenvalue weighted by molar-refractivity contribution is 7.89. The van der Waals surface area contributed by atoms with Crippen LogP contribution in [0.5, 0.6) is 0 Å². The maximum Gasteiger partial charge on any atom is 0.247 e. The average Bonchev–Trinajstić information content (AvgIpc) is 2.69. The summed E-state index contributed by atoms with van der Waals surface area (Å²) >= 11 is 0. The van der Waals surface area contributed by atoms with E-state index in [2.05, 4.69) is 5.32 Å². The third-order valence-electron chi connectivity index (χ3n) is 4.72. The van der Waals surface area contributed by atoms with Gasteiger partial charge in [0.15, 0.2) is 0 Å². The number of nitrogens with one attached hydrogen (secondary N) is 1. The molecule has 164 valence electrons. The van der Waals surface area contributed by atoms with Crippen LogP contribution in [0.4, 0.5) is 5.69 Å². The fourth-order valence-corrected chi connectivity index (χ4v) is 5.05. The molecule has 0 aliphatic heterocycles. The van der Waals surface area contributed by atoms with E-state index in [0.29, 0.717) is 24.3 Å². The van der Waals surface area contributed by atoms with Crippen molar-refractivity contribution in [3.05, 3.63) is 60.2 Å². The summed E-state index contributed by atoms with van der Waals surface area (Å²) in [5.41, 5.74) is 0.880. The molecule has 30 heavy (non-hydrogen) atoms. The van der Waals surface area contributed by atoms with Gasteiger partial charge in [0.25, 0.3) is 0 Å². The highest BCUT2D eigenvalue weighted by atomic mass is 32.2. The maximum absolute atomic E-state index is 12.9. The van der Waals surface area contributed by atoms with E-state index in [4.69, 9.17) is 0 Å². The van der Waals surface area contributed by atoms with E-state index in [-0.39, 0.29) is 4.90 Å². The zero-order valence-corrected chi connectivity index (χ0v) is 19.1. The number of carbonyl (C=O) groups excluding carboxylic acids is 1. The summed E-state index contributed by atoms with van der Waals surface area (Å²) < 4.78 is 51.6.